The zero-order valence-electron chi connectivity index (χ0n) is 8.94. The lowest BCUT2D eigenvalue weighted by Crippen LogP contribution is -2.39. The summed E-state index contributed by atoms with van der Waals surface area (Å²) >= 11 is 11.4. The molecule has 1 aromatic heterocycles. The Hall–Kier alpha value is -0.910. The summed E-state index contributed by atoms with van der Waals surface area (Å²) in [6.07, 6.45) is 3.01. The Morgan fingerprint density at radius 1 is 1.56 bits per heavy atom. The van der Waals surface area contributed by atoms with Crippen molar-refractivity contribution < 1.29 is 4.79 Å². The van der Waals surface area contributed by atoms with E-state index in [1.165, 1.54) is 16.8 Å². The number of nitrogens with zero attached hydrogens (tertiary/aromatic N) is 3. The molecule has 1 amide bonds. The molecule has 16 heavy (non-hydrogen) atoms. The molecular formula is C9H12Cl2N4O. The Bertz CT molecular complexity index is 372. The molecule has 1 atom stereocenters. The number of rotatable bonds is 4. The van der Waals surface area contributed by atoms with E-state index >= 15 is 0 Å². The van der Waals surface area contributed by atoms with Crippen LogP contribution in [0.5, 0.6) is 0 Å². The van der Waals surface area contributed by atoms with E-state index in [0.717, 1.165) is 0 Å². The van der Waals surface area contributed by atoms with E-state index in [9.17, 15) is 4.79 Å². The van der Waals surface area contributed by atoms with Crippen molar-refractivity contribution >= 4 is 29.3 Å². The molecule has 1 N–H and O–H groups in total. The Labute approximate surface area is 104 Å². The van der Waals surface area contributed by atoms with Gasteiger partial charge < -0.3 is 5.32 Å². The van der Waals surface area contributed by atoms with Crippen molar-refractivity contribution in [2.75, 3.05) is 7.05 Å². The van der Waals surface area contributed by atoms with Crippen LogP contribution in [0.2, 0.25) is 5.15 Å². The lowest BCUT2D eigenvalue weighted by molar-refractivity contribution is -0.124. The Balaban J connectivity index is 2.52. The minimum atomic E-state index is -0.419. The van der Waals surface area contributed by atoms with Gasteiger partial charge in [0.2, 0.25) is 5.91 Å². The Kier molecular flexibility index (Phi) is 4.92. The first-order valence-corrected chi connectivity index (χ1v) is 5.35. The second-order valence-corrected chi connectivity index (χ2v) is 4.10. The smallest absolute Gasteiger partial charge is 0.238 e. The third-order valence-electron chi connectivity index (χ3n) is 2.07. The monoisotopic (exact) mass is 262 g/mol. The molecule has 88 valence electrons. The fourth-order valence-corrected chi connectivity index (χ4v) is 1.21. The van der Waals surface area contributed by atoms with Crippen LogP contribution >= 0.6 is 23.4 Å². The number of hydrogen-bond donors (Lipinski definition) is 1. The van der Waals surface area contributed by atoms with Crippen LogP contribution in [0, 0.1) is 0 Å². The second kappa shape index (κ2) is 5.98. The molecule has 0 aliphatic carbocycles. The highest BCUT2D eigenvalue weighted by atomic mass is 35.5. The average molecular weight is 263 g/mol. The van der Waals surface area contributed by atoms with Crippen LogP contribution in [0.25, 0.3) is 0 Å². The number of nitrogens with one attached hydrogen (secondary N) is 1. The van der Waals surface area contributed by atoms with E-state index in [0.29, 0.717) is 5.69 Å². The van der Waals surface area contributed by atoms with Crippen LogP contribution in [0.4, 0.5) is 0 Å². The van der Waals surface area contributed by atoms with Gasteiger partial charge in [0, 0.05) is 19.4 Å². The summed E-state index contributed by atoms with van der Waals surface area (Å²) in [4.78, 5) is 19.4. The summed E-state index contributed by atoms with van der Waals surface area (Å²) in [6, 6.07) is -0.419. The maximum Gasteiger partial charge on any atom is 0.238 e. The molecule has 1 aromatic rings. The number of aromatic nitrogens is 2. The van der Waals surface area contributed by atoms with Gasteiger partial charge in [-0.2, -0.15) is 0 Å². The van der Waals surface area contributed by atoms with Crippen molar-refractivity contribution in [3.8, 4) is 0 Å². The average Bonchev–Trinajstić information content (AvgIpc) is 2.26. The molecule has 0 spiro atoms. The van der Waals surface area contributed by atoms with E-state index < -0.39 is 6.04 Å². The molecule has 0 saturated heterocycles. The standard InChI is InChI=1S/C9H12Cl2N4O/c1-6(15(2)11)9(16)14-5-7-8(10)13-4-3-12-7/h3-4,6H,5H2,1-2H3,(H,14,16)/t6-/m0/s1. The van der Waals surface area contributed by atoms with Crippen molar-refractivity contribution in [2.45, 2.75) is 19.5 Å². The van der Waals surface area contributed by atoms with Crippen molar-refractivity contribution in [2.24, 2.45) is 0 Å². The minimum absolute atomic E-state index is 0.195. The summed E-state index contributed by atoms with van der Waals surface area (Å²) in [6.45, 7) is 1.93. The van der Waals surface area contributed by atoms with Crippen LogP contribution in [0.3, 0.4) is 0 Å². The lowest BCUT2D eigenvalue weighted by atomic mass is 10.3. The number of hydrogen-bond acceptors (Lipinski definition) is 4. The molecule has 1 rings (SSSR count). The second-order valence-electron chi connectivity index (χ2n) is 3.21. The van der Waals surface area contributed by atoms with Crippen LogP contribution in [0.15, 0.2) is 12.4 Å². The summed E-state index contributed by atoms with van der Waals surface area (Å²) in [5.74, 6) is -0.195. The Morgan fingerprint density at radius 3 is 2.75 bits per heavy atom. The van der Waals surface area contributed by atoms with Gasteiger partial charge in [-0.05, 0) is 18.7 Å². The van der Waals surface area contributed by atoms with Gasteiger partial charge in [-0.3, -0.25) is 9.78 Å². The topological polar surface area (TPSA) is 58.1 Å². The quantitative estimate of drug-likeness (QED) is 0.830. The fourth-order valence-electron chi connectivity index (χ4n) is 0.949. The van der Waals surface area contributed by atoms with Crippen LogP contribution in [-0.2, 0) is 11.3 Å². The van der Waals surface area contributed by atoms with Crippen molar-refractivity contribution in [1.82, 2.24) is 19.7 Å². The molecule has 0 radical (unpaired) electrons. The molecule has 0 fully saturated rings. The first kappa shape index (κ1) is 13.2. The number of carbonyl (C=O) groups excluding carboxylic acids is 1. The van der Waals surface area contributed by atoms with Crippen LogP contribution < -0.4 is 5.32 Å². The molecule has 0 saturated carbocycles. The van der Waals surface area contributed by atoms with Crippen molar-refractivity contribution in [3.05, 3.63) is 23.2 Å². The lowest BCUT2D eigenvalue weighted by Gasteiger charge is -2.16. The zero-order chi connectivity index (χ0) is 12.1. The van der Waals surface area contributed by atoms with E-state index in [1.54, 1.807) is 14.0 Å². The molecule has 0 aromatic carbocycles. The van der Waals surface area contributed by atoms with Gasteiger partial charge in [0.25, 0.3) is 0 Å². The van der Waals surface area contributed by atoms with E-state index in [2.05, 4.69) is 15.3 Å². The molecule has 1 heterocycles. The third kappa shape index (κ3) is 3.59. The molecule has 0 bridgehead atoms. The van der Waals surface area contributed by atoms with Crippen LogP contribution in [-0.4, -0.2) is 33.4 Å². The molecule has 7 heteroatoms. The van der Waals surface area contributed by atoms with Gasteiger partial charge >= 0.3 is 0 Å². The number of halogens is 2. The van der Waals surface area contributed by atoms with E-state index in [-0.39, 0.29) is 17.6 Å². The van der Waals surface area contributed by atoms with E-state index in [1.807, 2.05) is 0 Å². The maximum absolute atomic E-state index is 11.5. The van der Waals surface area contributed by atoms with E-state index in [4.69, 9.17) is 23.4 Å². The summed E-state index contributed by atoms with van der Waals surface area (Å²) in [5.41, 5.74) is 0.530. The highest BCUT2D eigenvalue weighted by molar-refractivity contribution is 6.30. The molecule has 0 unspecified atom stereocenters. The first-order chi connectivity index (χ1) is 7.52. The molecule has 5 nitrogen and oxygen atoms in total. The summed E-state index contributed by atoms with van der Waals surface area (Å²) < 4.78 is 1.30. The third-order valence-corrected chi connectivity index (χ3v) is 2.67. The maximum atomic E-state index is 11.5. The van der Waals surface area contributed by atoms with Crippen molar-refractivity contribution in [1.29, 1.82) is 0 Å². The highest BCUT2D eigenvalue weighted by Gasteiger charge is 2.16. The van der Waals surface area contributed by atoms with Gasteiger partial charge in [-0.1, -0.05) is 11.6 Å². The predicted octanol–water partition coefficient (Wildman–Crippen LogP) is 1.22. The zero-order valence-corrected chi connectivity index (χ0v) is 10.5. The molecule has 0 aliphatic rings. The number of carbonyl (C=O) groups is 1. The molecule has 0 aliphatic heterocycles. The van der Waals surface area contributed by atoms with Gasteiger partial charge in [-0.25, -0.2) is 9.40 Å². The minimum Gasteiger partial charge on any atom is -0.349 e. The number of likely N-dealkylation sites (N-methyl/N-ethyl adjacent to an activating group) is 1. The summed E-state index contributed by atoms with van der Waals surface area (Å²) in [7, 11) is 1.61. The first-order valence-electron chi connectivity index (χ1n) is 4.64. The SMILES string of the molecule is C[C@@H](C(=O)NCc1nccnc1Cl)N(C)Cl. The van der Waals surface area contributed by atoms with Gasteiger partial charge in [0.05, 0.1) is 12.2 Å². The van der Waals surface area contributed by atoms with Crippen molar-refractivity contribution in [3.63, 3.8) is 0 Å². The van der Waals surface area contributed by atoms with Gasteiger partial charge in [-0.15, -0.1) is 0 Å². The highest BCUT2D eigenvalue weighted by Crippen LogP contribution is 2.08. The van der Waals surface area contributed by atoms with Crippen LogP contribution in [0.1, 0.15) is 12.6 Å². The normalized spacial score (nSPS) is 12.6. The fraction of sp³-hybridized carbons (Fsp3) is 0.444. The number of amides is 1. The Morgan fingerprint density at radius 2 is 2.19 bits per heavy atom. The van der Waals surface area contributed by atoms with Gasteiger partial charge in [0.1, 0.15) is 6.04 Å². The summed E-state index contributed by atoms with van der Waals surface area (Å²) in [5, 5.41) is 2.96. The largest absolute Gasteiger partial charge is 0.349 e. The predicted molar refractivity (Wildman–Crippen MR) is 62.0 cm³/mol. The van der Waals surface area contributed by atoms with Gasteiger partial charge in [0.15, 0.2) is 5.15 Å². The molecular weight excluding hydrogens is 251 g/mol.